The zero-order valence-corrected chi connectivity index (χ0v) is 18.4. The van der Waals surface area contributed by atoms with Gasteiger partial charge in [0.25, 0.3) is 0 Å². The first-order valence-corrected chi connectivity index (χ1v) is 10.7. The van der Waals surface area contributed by atoms with Gasteiger partial charge in [0.2, 0.25) is 0 Å². The van der Waals surface area contributed by atoms with Crippen molar-refractivity contribution in [1.82, 2.24) is 19.7 Å². The fourth-order valence-electron chi connectivity index (χ4n) is 3.48. The van der Waals surface area contributed by atoms with Gasteiger partial charge in [-0.1, -0.05) is 47.5 Å². The summed E-state index contributed by atoms with van der Waals surface area (Å²) < 4.78 is 30.6. The fourth-order valence-corrected chi connectivity index (χ4v) is 3.75. The second-order valence-corrected chi connectivity index (χ2v) is 8.36. The van der Waals surface area contributed by atoms with Gasteiger partial charge >= 0.3 is 0 Å². The van der Waals surface area contributed by atoms with E-state index in [2.05, 4.69) is 37.8 Å². The van der Waals surface area contributed by atoms with Crippen LogP contribution in [0.4, 0.5) is 8.78 Å². The van der Waals surface area contributed by atoms with Gasteiger partial charge in [0.1, 0.15) is 29.9 Å². The van der Waals surface area contributed by atoms with Gasteiger partial charge in [-0.25, -0.2) is 18.4 Å². The Morgan fingerprint density at radius 3 is 2.57 bits per heavy atom. The lowest BCUT2D eigenvalue weighted by molar-refractivity contribution is -0.0240. The standard InChI is InChI=1S/C22H25BrF2N4O/c1-2-3-10-28(12-17-4-6-18(23)7-5-17)13-22(30,14-29-16-26-15-27-29)20-9-8-19(24)11-21(20)25/h4-9,11,15-16,30H,2-3,10,12-14H2,1H3. The second kappa shape index (κ2) is 10.2. The van der Waals surface area contributed by atoms with E-state index >= 15 is 0 Å². The molecule has 160 valence electrons. The highest BCUT2D eigenvalue weighted by Crippen LogP contribution is 2.28. The summed E-state index contributed by atoms with van der Waals surface area (Å²) in [5, 5.41) is 15.7. The summed E-state index contributed by atoms with van der Waals surface area (Å²) in [7, 11) is 0. The van der Waals surface area contributed by atoms with Crippen molar-refractivity contribution in [2.75, 3.05) is 13.1 Å². The molecule has 0 saturated carbocycles. The van der Waals surface area contributed by atoms with Crippen molar-refractivity contribution in [1.29, 1.82) is 0 Å². The lowest BCUT2D eigenvalue weighted by Crippen LogP contribution is -2.44. The molecule has 3 rings (SSSR count). The molecule has 30 heavy (non-hydrogen) atoms. The number of rotatable bonds is 10. The molecule has 1 unspecified atom stereocenters. The zero-order chi connectivity index (χ0) is 21.6. The van der Waals surface area contributed by atoms with Crippen LogP contribution in [-0.2, 0) is 18.7 Å². The summed E-state index contributed by atoms with van der Waals surface area (Å²) in [6.45, 7) is 3.58. The summed E-state index contributed by atoms with van der Waals surface area (Å²) in [5.74, 6) is -1.46. The van der Waals surface area contributed by atoms with Crippen molar-refractivity contribution in [2.45, 2.75) is 38.5 Å². The number of hydrogen-bond acceptors (Lipinski definition) is 4. The van der Waals surface area contributed by atoms with Crippen molar-refractivity contribution in [3.8, 4) is 0 Å². The third kappa shape index (κ3) is 5.93. The highest BCUT2D eigenvalue weighted by atomic mass is 79.9. The first-order valence-electron chi connectivity index (χ1n) is 9.87. The van der Waals surface area contributed by atoms with Crippen LogP contribution in [0.25, 0.3) is 0 Å². The Kier molecular flexibility index (Phi) is 7.69. The van der Waals surface area contributed by atoms with Crippen LogP contribution in [0.2, 0.25) is 0 Å². The summed E-state index contributed by atoms with van der Waals surface area (Å²) in [6.07, 6.45) is 4.75. The van der Waals surface area contributed by atoms with Crippen LogP contribution >= 0.6 is 15.9 Å². The smallest absolute Gasteiger partial charge is 0.137 e. The number of hydrogen-bond donors (Lipinski definition) is 1. The average molecular weight is 479 g/mol. The van der Waals surface area contributed by atoms with Crippen molar-refractivity contribution in [2.24, 2.45) is 0 Å². The van der Waals surface area contributed by atoms with E-state index in [0.717, 1.165) is 41.6 Å². The van der Waals surface area contributed by atoms with Gasteiger partial charge in [-0.2, -0.15) is 5.10 Å². The first-order chi connectivity index (χ1) is 14.4. The van der Waals surface area contributed by atoms with E-state index in [4.69, 9.17) is 0 Å². The zero-order valence-electron chi connectivity index (χ0n) is 16.8. The fraction of sp³-hybridized carbons (Fsp3) is 0.364. The Morgan fingerprint density at radius 1 is 1.17 bits per heavy atom. The molecule has 1 aromatic heterocycles. The molecule has 1 atom stereocenters. The number of halogens is 3. The van der Waals surface area contributed by atoms with E-state index in [1.165, 1.54) is 23.4 Å². The lowest BCUT2D eigenvalue weighted by Gasteiger charge is -2.35. The Balaban J connectivity index is 1.91. The molecular formula is C22H25BrF2N4O. The Morgan fingerprint density at radius 2 is 1.93 bits per heavy atom. The van der Waals surface area contributed by atoms with Crippen molar-refractivity contribution in [3.05, 3.63) is 82.4 Å². The molecule has 1 heterocycles. The van der Waals surface area contributed by atoms with E-state index in [9.17, 15) is 13.9 Å². The number of aromatic nitrogens is 3. The first kappa shape index (κ1) is 22.5. The van der Waals surface area contributed by atoms with Crippen LogP contribution in [0.5, 0.6) is 0 Å². The van der Waals surface area contributed by atoms with E-state index in [1.54, 1.807) is 0 Å². The van der Waals surface area contributed by atoms with Gasteiger partial charge < -0.3 is 5.11 Å². The molecular weight excluding hydrogens is 454 g/mol. The number of aliphatic hydroxyl groups is 1. The number of nitrogens with zero attached hydrogens (tertiary/aromatic N) is 4. The van der Waals surface area contributed by atoms with E-state index < -0.39 is 17.2 Å². The molecule has 0 saturated heterocycles. The summed E-state index contributed by atoms with van der Waals surface area (Å²) in [5.41, 5.74) is -0.497. The Labute approximate surface area is 183 Å². The Bertz CT molecular complexity index is 937. The second-order valence-electron chi connectivity index (χ2n) is 7.44. The quantitative estimate of drug-likeness (QED) is 0.465. The topological polar surface area (TPSA) is 54.2 Å². The lowest BCUT2D eigenvalue weighted by atomic mass is 9.92. The van der Waals surface area contributed by atoms with Gasteiger partial charge in [-0.3, -0.25) is 4.90 Å². The third-order valence-electron chi connectivity index (χ3n) is 4.96. The molecule has 5 nitrogen and oxygen atoms in total. The molecule has 0 fully saturated rings. The molecule has 0 spiro atoms. The molecule has 0 aliphatic heterocycles. The summed E-state index contributed by atoms with van der Waals surface area (Å²) in [6, 6.07) is 11.2. The van der Waals surface area contributed by atoms with Gasteiger partial charge in [-0.05, 0) is 36.7 Å². The normalized spacial score (nSPS) is 13.5. The van der Waals surface area contributed by atoms with Crippen LogP contribution in [0.3, 0.4) is 0 Å². The summed E-state index contributed by atoms with van der Waals surface area (Å²) in [4.78, 5) is 6.00. The molecule has 3 aromatic rings. The largest absolute Gasteiger partial charge is 0.382 e. The molecule has 8 heteroatoms. The minimum atomic E-state index is -1.62. The van der Waals surface area contributed by atoms with Gasteiger partial charge in [0.15, 0.2) is 0 Å². The minimum absolute atomic E-state index is 0.00147. The van der Waals surface area contributed by atoms with Crippen LogP contribution in [-0.4, -0.2) is 37.9 Å². The average Bonchev–Trinajstić information content (AvgIpc) is 3.20. The van der Waals surface area contributed by atoms with Crippen molar-refractivity contribution in [3.63, 3.8) is 0 Å². The highest BCUT2D eigenvalue weighted by Gasteiger charge is 2.35. The van der Waals surface area contributed by atoms with Crippen LogP contribution in [0, 0.1) is 11.6 Å². The predicted molar refractivity (Wildman–Crippen MR) is 115 cm³/mol. The van der Waals surface area contributed by atoms with E-state index in [1.807, 2.05) is 24.3 Å². The van der Waals surface area contributed by atoms with Crippen LogP contribution < -0.4 is 0 Å². The predicted octanol–water partition coefficient (Wildman–Crippen LogP) is 4.51. The Hall–Kier alpha value is -2.16. The maximum absolute atomic E-state index is 14.7. The van der Waals surface area contributed by atoms with E-state index in [-0.39, 0.29) is 18.7 Å². The van der Waals surface area contributed by atoms with Crippen molar-refractivity contribution < 1.29 is 13.9 Å². The molecule has 0 amide bonds. The SMILES string of the molecule is CCCCN(Cc1ccc(Br)cc1)CC(O)(Cn1cncn1)c1ccc(F)cc1F. The maximum atomic E-state index is 14.7. The number of benzene rings is 2. The molecule has 0 bridgehead atoms. The van der Waals surface area contributed by atoms with Crippen LogP contribution in [0.15, 0.2) is 59.6 Å². The highest BCUT2D eigenvalue weighted by molar-refractivity contribution is 9.10. The van der Waals surface area contributed by atoms with E-state index in [0.29, 0.717) is 6.54 Å². The maximum Gasteiger partial charge on any atom is 0.137 e. The molecule has 1 N–H and O–H groups in total. The molecule has 0 aliphatic rings. The van der Waals surface area contributed by atoms with Gasteiger partial charge in [-0.15, -0.1) is 0 Å². The van der Waals surface area contributed by atoms with Gasteiger partial charge in [0.05, 0.1) is 6.54 Å². The van der Waals surface area contributed by atoms with Crippen molar-refractivity contribution >= 4 is 15.9 Å². The third-order valence-corrected chi connectivity index (χ3v) is 5.48. The molecule has 0 aliphatic carbocycles. The van der Waals surface area contributed by atoms with Crippen LogP contribution in [0.1, 0.15) is 30.9 Å². The monoisotopic (exact) mass is 478 g/mol. The van der Waals surface area contributed by atoms with Gasteiger partial charge in [0, 0.05) is 29.2 Å². The summed E-state index contributed by atoms with van der Waals surface area (Å²) >= 11 is 3.44. The minimum Gasteiger partial charge on any atom is -0.382 e. The number of unbranched alkanes of at least 4 members (excludes halogenated alkanes) is 1. The molecule has 0 radical (unpaired) electrons. The molecule has 2 aromatic carbocycles.